The second-order valence-electron chi connectivity index (χ2n) is 6.47. The Balaban J connectivity index is 1.80. The summed E-state index contributed by atoms with van der Waals surface area (Å²) < 4.78 is 46.6. The van der Waals surface area contributed by atoms with Crippen LogP contribution in [0.3, 0.4) is 0 Å². The number of aromatic nitrogens is 1. The van der Waals surface area contributed by atoms with Gasteiger partial charge in [-0.1, -0.05) is 60.7 Å². The minimum Gasteiger partial charge on any atom is -0.256 e. The van der Waals surface area contributed by atoms with Gasteiger partial charge in [0.05, 0.1) is 5.69 Å². The molecule has 0 radical (unpaired) electrons. The lowest BCUT2D eigenvalue weighted by Crippen LogP contribution is -1.89. The number of aryl methyl sites for hydroxylation is 2. The topological polar surface area (TPSA) is 12.9 Å². The molecule has 0 aliphatic heterocycles. The normalized spacial score (nSPS) is 15.8. The van der Waals surface area contributed by atoms with Gasteiger partial charge in [-0.25, -0.2) is 0 Å². The fraction of sp³-hybridized carbons (Fsp3) is 0.0800. The summed E-state index contributed by atoms with van der Waals surface area (Å²) in [5.74, 6) is 0. The van der Waals surface area contributed by atoms with E-state index in [-0.39, 0.29) is 11.1 Å². The first-order chi connectivity index (χ1) is 15.1. The Hall–Kier alpha value is -3.19. The number of pyridine rings is 1. The highest BCUT2D eigenvalue weighted by Gasteiger charge is 2.10. The zero-order valence-electron chi connectivity index (χ0n) is 20.0. The van der Waals surface area contributed by atoms with E-state index in [1.165, 1.54) is 17.6 Å². The summed E-state index contributed by atoms with van der Waals surface area (Å²) in [6.07, 6.45) is 1.17. The lowest BCUT2D eigenvalue weighted by Gasteiger charge is -2.12. The summed E-state index contributed by atoms with van der Waals surface area (Å²) in [5.41, 5.74) is 0.744. The molecule has 5 aromatic rings. The molecule has 0 saturated carbocycles. The SMILES string of the molecule is [2H]C([2H])([2H])c1cnc(-c2ccc3c4ccccc4c4ccccc4c3c2)cc1C([2H])([2H])[2H]. The molecule has 0 atom stereocenters. The molecule has 5 rings (SSSR count). The summed E-state index contributed by atoms with van der Waals surface area (Å²) in [7, 11) is 0. The van der Waals surface area contributed by atoms with Gasteiger partial charge >= 0.3 is 0 Å². The Kier molecular flexibility index (Phi) is 2.20. The van der Waals surface area contributed by atoms with Crippen molar-refractivity contribution in [3.63, 3.8) is 0 Å². The number of hydrogen-bond acceptors (Lipinski definition) is 1. The van der Waals surface area contributed by atoms with Crippen molar-refractivity contribution >= 4 is 32.3 Å². The largest absolute Gasteiger partial charge is 0.256 e. The molecule has 0 bridgehead atoms. The molecular weight excluding hydrogens is 314 g/mol. The van der Waals surface area contributed by atoms with Gasteiger partial charge in [0.1, 0.15) is 0 Å². The van der Waals surface area contributed by atoms with Crippen molar-refractivity contribution in [3.8, 4) is 11.3 Å². The summed E-state index contributed by atoms with van der Waals surface area (Å²) in [4.78, 5) is 4.33. The second-order valence-corrected chi connectivity index (χ2v) is 6.47. The Morgan fingerprint density at radius 2 is 1.19 bits per heavy atom. The van der Waals surface area contributed by atoms with Crippen LogP contribution in [0, 0.1) is 13.7 Å². The van der Waals surface area contributed by atoms with E-state index in [4.69, 9.17) is 8.22 Å². The lowest BCUT2D eigenvalue weighted by molar-refractivity contribution is 1.22. The quantitative estimate of drug-likeness (QED) is 0.305. The van der Waals surface area contributed by atoms with Gasteiger partial charge in [-0.3, -0.25) is 4.98 Å². The molecule has 0 aliphatic rings. The van der Waals surface area contributed by atoms with E-state index >= 15 is 0 Å². The fourth-order valence-electron chi connectivity index (χ4n) is 3.68. The molecule has 0 unspecified atom stereocenters. The molecule has 4 aromatic carbocycles. The minimum atomic E-state index is -2.55. The molecule has 26 heavy (non-hydrogen) atoms. The van der Waals surface area contributed by atoms with Gasteiger partial charge in [-0.2, -0.15) is 0 Å². The van der Waals surface area contributed by atoms with Crippen LogP contribution >= 0.6 is 0 Å². The first-order valence-electron chi connectivity index (χ1n) is 11.5. The summed E-state index contributed by atoms with van der Waals surface area (Å²) in [6, 6.07) is 23.8. The first kappa shape index (κ1) is 10.1. The third-order valence-corrected chi connectivity index (χ3v) is 4.94. The summed E-state index contributed by atoms with van der Waals surface area (Å²) in [6.45, 7) is -5.10. The van der Waals surface area contributed by atoms with Crippen LogP contribution < -0.4 is 0 Å². The Morgan fingerprint density at radius 1 is 0.615 bits per heavy atom. The molecular formula is C25H19N. The van der Waals surface area contributed by atoms with Crippen molar-refractivity contribution in [1.29, 1.82) is 0 Å². The van der Waals surface area contributed by atoms with E-state index in [1.807, 2.05) is 42.5 Å². The highest BCUT2D eigenvalue weighted by Crippen LogP contribution is 2.36. The molecule has 1 nitrogen and oxygen atoms in total. The molecule has 1 heteroatoms. The van der Waals surface area contributed by atoms with E-state index in [9.17, 15) is 0 Å². The smallest absolute Gasteiger partial charge is 0.0705 e. The van der Waals surface area contributed by atoms with Crippen molar-refractivity contribution < 1.29 is 8.22 Å². The van der Waals surface area contributed by atoms with E-state index in [2.05, 4.69) is 29.2 Å². The van der Waals surface area contributed by atoms with Crippen molar-refractivity contribution in [1.82, 2.24) is 4.98 Å². The predicted molar refractivity (Wildman–Crippen MR) is 112 cm³/mol. The number of nitrogens with zero attached hydrogens (tertiary/aromatic N) is 1. The van der Waals surface area contributed by atoms with Crippen molar-refractivity contribution in [3.05, 3.63) is 90.1 Å². The van der Waals surface area contributed by atoms with Crippen LogP contribution in [0.15, 0.2) is 79.0 Å². The van der Waals surface area contributed by atoms with Gasteiger partial charge < -0.3 is 0 Å². The van der Waals surface area contributed by atoms with Crippen molar-refractivity contribution in [2.75, 3.05) is 0 Å². The second kappa shape index (κ2) is 5.67. The van der Waals surface area contributed by atoms with Gasteiger partial charge in [-0.05, 0) is 69.3 Å². The molecule has 124 valence electrons. The Labute approximate surface area is 161 Å². The number of hydrogen-bond donors (Lipinski definition) is 0. The third kappa shape index (κ3) is 2.21. The van der Waals surface area contributed by atoms with E-state index in [0.29, 0.717) is 5.69 Å². The van der Waals surface area contributed by atoms with Crippen LogP contribution in [0.2, 0.25) is 0 Å². The molecule has 1 heterocycles. The van der Waals surface area contributed by atoms with Crippen molar-refractivity contribution in [2.45, 2.75) is 13.7 Å². The maximum Gasteiger partial charge on any atom is 0.0705 e. The monoisotopic (exact) mass is 339 g/mol. The maximum absolute atomic E-state index is 7.84. The summed E-state index contributed by atoms with van der Waals surface area (Å²) >= 11 is 0. The summed E-state index contributed by atoms with van der Waals surface area (Å²) in [5, 5.41) is 6.68. The molecule has 0 N–H and O–H groups in total. The number of fused-ring (bicyclic) bond motifs is 6. The maximum atomic E-state index is 7.84. The average Bonchev–Trinajstić information content (AvgIpc) is 2.77. The molecule has 1 aromatic heterocycles. The standard InChI is InChI=1S/C25H19N/c1-16-13-25(26-15-17(16)2)18-11-12-23-21-9-4-3-7-19(21)20-8-5-6-10-22(20)24(23)14-18/h3-15H,1-2H3/i1D3,2D3. The fourth-order valence-corrected chi connectivity index (χ4v) is 3.68. The van der Waals surface area contributed by atoms with Crippen LogP contribution in [0.5, 0.6) is 0 Å². The van der Waals surface area contributed by atoms with Gasteiger partial charge in [0.2, 0.25) is 0 Å². The minimum absolute atomic E-state index is 0.189. The first-order valence-corrected chi connectivity index (χ1v) is 8.49. The third-order valence-electron chi connectivity index (χ3n) is 4.94. The Bertz CT molecular complexity index is 1460. The van der Waals surface area contributed by atoms with Gasteiger partial charge in [0.15, 0.2) is 0 Å². The van der Waals surface area contributed by atoms with Gasteiger partial charge in [-0.15, -0.1) is 0 Å². The van der Waals surface area contributed by atoms with Crippen molar-refractivity contribution in [2.24, 2.45) is 0 Å². The van der Waals surface area contributed by atoms with E-state index in [0.717, 1.165) is 32.5 Å². The van der Waals surface area contributed by atoms with Crippen LogP contribution in [-0.2, 0) is 0 Å². The molecule has 0 spiro atoms. The lowest BCUT2D eigenvalue weighted by atomic mass is 9.92. The number of benzene rings is 4. The number of rotatable bonds is 1. The molecule has 0 fully saturated rings. The average molecular weight is 339 g/mol. The molecule has 0 amide bonds. The Morgan fingerprint density at radius 3 is 1.81 bits per heavy atom. The van der Waals surface area contributed by atoms with Crippen LogP contribution in [0.1, 0.15) is 19.4 Å². The van der Waals surface area contributed by atoms with Crippen LogP contribution in [0.25, 0.3) is 43.6 Å². The molecule has 0 aliphatic carbocycles. The molecule has 0 saturated heterocycles. The van der Waals surface area contributed by atoms with Crippen LogP contribution in [-0.4, -0.2) is 4.98 Å². The highest BCUT2D eigenvalue weighted by molar-refractivity contribution is 6.25. The zero-order valence-corrected chi connectivity index (χ0v) is 14.0. The predicted octanol–water partition coefficient (Wildman–Crippen LogP) is 6.83. The van der Waals surface area contributed by atoms with E-state index in [1.54, 1.807) is 0 Å². The van der Waals surface area contributed by atoms with Crippen LogP contribution in [0.4, 0.5) is 0 Å². The highest BCUT2D eigenvalue weighted by atomic mass is 14.7. The zero-order chi connectivity index (χ0) is 22.7. The van der Waals surface area contributed by atoms with Gasteiger partial charge in [0, 0.05) is 20.0 Å². The van der Waals surface area contributed by atoms with Gasteiger partial charge in [0.25, 0.3) is 0 Å². The van der Waals surface area contributed by atoms with E-state index < -0.39 is 13.7 Å².